The van der Waals surface area contributed by atoms with Crippen LogP contribution in [0.25, 0.3) is 0 Å². The van der Waals surface area contributed by atoms with Crippen LogP contribution in [0, 0.1) is 17.2 Å². The molecule has 1 aliphatic heterocycles. The molecule has 1 aromatic heterocycles. The molecular formula is C20H23N3O4. The van der Waals surface area contributed by atoms with Gasteiger partial charge in [-0.1, -0.05) is 19.0 Å². The maximum Gasteiger partial charge on any atom is 0.290 e. The molecule has 0 saturated carbocycles. The Balaban J connectivity index is 1.63. The van der Waals surface area contributed by atoms with Crippen molar-refractivity contribution in [1.82, 2.24) is 10.5 Å². The number of nitrogens with zero attached hydrogens (tertiary/aromatic N) is 2. The molecule has 0 aliphatic carbocycles. The summed E-state index contributed by atoms with van der Waals surface area (Å²) in [5, 5.41) is 15.8. The minimum Gasteiger partial charge on any atom is -0.486 e. The van der Waals surface area contributed by atoms with Crippen molar-refractivity contribution in [2.45, 2.75) is 38.8 Å². The van der Waals surface area contributed by atoms with Gasteiger partial charge in [0.2, 0.25) is 5.76 Å². The van der Waals surface area contributed by atoms with Crippen molar-refractivity contribution >= 4 is 5.91 Å². The number of aromatic nitrogens is 1. The summed E-state index contributed by atoms with van der Waals surface area (Å²) in [5.41, 5.74) is 1.34. The Labute approximate surface area is 158 Å². The van der Waals surface area contributed by atoms with Crippen molar-refractivity contribution in [3.63, 3.8) is 0 Å². The van der Waals surface area contributed by atoms with Crippen LogP contribution in [0.15, 0.2) is 34.9 Å². The number of hydrogen-bond acceptors (Lipinski definition) is 6. The number of ether oxygens (including phenoxy) is 2. The molecule has 7 nitrogen and oxygen atoms in total. The minimum absolute atomic E-state index is 0.203. The molecule has 2 atom stereocenters. The molecule has 27 heavy (non-hydrogen) atoms. The number of nitriles is 1. The third-order valence-corrected chi connectivity index (χ3v) is 4.29. The summed E-state index contributed by atoms with van der Waals surface area (Å²) in [4.78, 5) is 12.5. The lowest BCUT2D eigenvalue weighted by Gasteiger charge is -2.32. The van der Waals surface area contributed by atoms with Crippen molar-refractivity contribution < 1.29 is 18.8 Å². The SMILES string of the molecule is CC(C)Cc1cc(C(=O)N[C@@H]2CCOC[C@H]2Oc2ccc(C#N)cc2)on1. The molecule has 1 saturated heterocycles. The van der Waals surface area contributed by atoms with E-state index in [1.165, 1.54) is 0 Å². The van der Waals surface area contributed by atoms with E-state index in [-0.39, 0.29) is 23.8 Å². The Morgan fingerprint density at radius 3 is 2.89 bits per heavy atom. The molecule has 2 aromatic rings. The van der Waals surface area contributed by atoms with Gasteiger partial charge >= 0.3 is 0 Å². The number of rotatable bonds is 6. The number of benzene rings is 1. The average Bonchev–Trinajstić information content (AvgIpc) is 3.12. The van der Waals surface area contributed by atoms with Crippen LogP contribution in [-0.2, 0) is 11.2 Å². The third kappa shape index (κ3) is 5.08. The fourth-order valence-electron chi connectivity index (χ4n) is 2.95. The molecule has 2 heterocycles. The van der Waals surface area contributed by atoms with Gasteiger partial charge in [0, 0.05) is 12.7 Å². The predicted octanol–water partition coefficient (Wildman–Crippen LogP) is 2.71. The van der Waals surface area contributed by atoms with Crippen molar-refractivity contribution in [2.24, 2.45) is 5.92 Å². The van der Waals surface area contributed by atoms with E-state index in [1.807, 2.05) is 0 Å². The first-order valence-electron chi connectivity index (χ1n) is 9.06. The fourth-order valence-corrected chi connectivity index (χ4v) is 2.95. The molecule has 0 radical (unpaired) electrons. The van der Waals surface area contributed by atoms with Gasteiger partial charge in [-0.2, -0.15) is 5.26 Å². The zero-order valence-electron chi connectivity index (χ0n) is 15.5. The van der Waals surface area contributed by atoms with Gasteiger partial charge in [-0.3, -0.25) is 4.79 Å². The van der Waals surface area contributed by atoms with Gasteiger partial charge in [0.25, 0.3) is 5.91 Å². The zero-order chi connectivity index (χ0) is 19.2. The standard InChI is InChI=1S/C20H23N3O4/c1-13(2)9-15-10-18(27-23-15)20(24)22-17-7-8-25-12-19(17)26-16-5-3-14(11-21)4-6-16/h3-6,10,13,17,19H,7-9,12H2,1-2H3,(H,22,24)/t17-,19-/m1/s1. The van der Waals surface area contributed by atoms with Crippen molar-refractivity contribution in [2.75, 3.05) is 13.2 Å². The van der Waals surface area contributed by atoms with E-state index < -0.39 is 0 Å². The van der Waals surface area contributed by atoms with Gasteiger partial charge in [0.05, 0.1) is 30.0 Å². The zero-order valence-corrected chi connectivity index (χ0v) is 15.5. The lowest BCUT2D eigenvalue weighted by atomic mass is 10.1. The lowest BCUT2D eigenvalue weighted by Crippen LogP contribution is -2.51. The molecule has 1 aliphatic rings. The first kappa shape index (κ1) is 18.9. The van der Waals surface area contributed by atoms with E-state index in [0.717, 1.165) is 12.1 Å². The van der Waals surface area contributed by atoms with E-state index >= 15 is 0 Å². The first-order chi connectivity index (χ1) is 13.0. The van der Waals surface area contributed by atoms with Gasteiger partial charge in [-0.15, -0.1) is 0 Å². The second kappa shape index (κ2) is 8.69. The van der Waals surface area contributed by atoms with Crippen molar-refractivity contribution in [1.29, 1.82) is 5.26 Å². The largest absolute Gasteiger partial charge is 0.486 e. The van der Waals surface area contributed by atoms with Gasteiger partial charge < -0.3 is 19.3 Å². The highest BCUT2D eigenvalue weighted by molar-refractivity contribution is 5.91. The highest BCUT2D eigenvalue weighted by atomic mass is 16.5. The van der Waals surface area contributed by atoms with E-state index in [2.05, 4.69) is 30.4 Å². The molecule has 1 aromatic carbocycles. The van der Waals surface area contributed by atoms with Gasteiger partial charge in [-0.05, 0) is 43.0 Å². The van der Waals surface area contributed by atoms with Crippen molar-refractivity contribution in [3.8, 4) is 11.8 Å². The highest BCUT2D eigenvalue weighted by Crippen LogP contribution is 2.19. The first-order valence-corrected chi connectivity index (χ1v) is 9.06. The summed E-state index contributed by atoms with van der Waals surface area (Å²) >= 11 is 0. The minimum atomic E-state index is -0.325. The Morgan fingerprint density at radius 1 is 1.41 bits per heavy atom. The highest BCUT2D eigenvalue weighted by Gasteiger charge is 2.30. The van der Waals surface area contributed by atoms with Crippen molar-refractivity contribution in [3.05, 3.63) is 47.3 Å². The Morgan fingerprint density at radius 2 is 2.19 bits per heavy atom. The van der Waals surface area contributed by atoms with Gasteiger partial charge in [0.1, 0.15) is 11.9 Å². The number of hydrogen-bond donors (Lipinski definition) is 1. The summed E-state index contributed by atoms with van der Waals surface area (Å²) in [6, 6.07) is 10.4. The lowest BCUT2D eigenvalue weighted by molar-refractivity contribution is -0.0137. The van der Waals surface area contributed by atoms with E-state index in [1.54, 1.807) is 30.3 Å². The van der Waals surface area contributed by atoms with Crippen LogP contribution in [0.1, 0.15) is 42.1 Å². The molecule has 0 bridgehead atoms. The topological polar surface area (TPSA) is 97.4 Å². The van der Waals surface area contributed by atoms with E-state index in [9.17, 15) is 4.79 Å². The normalized spacial score (nSPS) is 19.5. The maximum absolute atomic E-state index is 12.5. The molecule has 1 amide bonds. The smallest absolute Gasteiger partial charge is 0.290 e. The van der Waals surface area contributed by atoms with Crippen LogP contribution in [0.4, 0.5) is 0 Å². The fraction of sp³-hybridized carbons (Fsp3) is 0.450. The molecule has 1 fully saturated rings. The van der Waals surface area contributed by atoms with E-state index in [4.69, 9.17) is 19.3 Å². The summed E-state index contributed by atoms with van der Waals surface area (Å²) in [6.07, 6.45) is 1.08. The molecule has 1 N–H and O–H groups in total. The van der Waals surface area contributed by atoms with E-state index in [0.29, 0.717) is 36.9 Å². The Bertz CT molecular complexity index is 807. The molecular weight excluding hydrogens is 346 g/mol. The molecule has 3 rings (SSSR count). The van der Waals surface area contributed by atoms with Crippen LogP contribution >= 0.6 is 0 Å². The summed E-state index contributed by atoms with van der Waals surface area (Å²) in [5.74, 6) is 0.960. The van der Waals surface area contributed by atoms with Crippen LogP contribution < -0.4 is 10.1 Å². The Hall–Kier alpha value is -2.85. The average molecular weight is 369 g/mol. The third-order valence-electron chi connectivity index (χ3n) is 4.29. The van der Waals surface area contributed by atoms with Crippen LogP contribution in [-0.4, -0.2) is 36.4 Å². The number of nitrogens with one attached hydrogen (secondary N) is 1. The predicted molar refractivity (Wildman–Crippen MR) is 97.3 cm³/mol. The summed E-state index contributed by atoms with van der Waals surface area (Å²) < 4.78 is 16.6. The molecule has 142 valence electrons. The monoisotopic (exact) mass is 369 g/mol. The second-order valence-electron chi connectivity index (χ2n) is 7.02. The molecule has 0 spiro atoms. The van der Waals surface area contributed by atoms with Crippen LogP contribution in [0.3, 0.4) is 0 Å². The van der Waals surface area contributed by atoms with Crippen LogP contribution in [0.2, 0.25) is 0 Å². The quantitative estimate of drug-likeness (QED) is 0.841. The Kier molecular flexibility index (Phi) is 6.09. The second-order valence-corrected chi connectivity index (χ2v) is 7.02. The van der Waals surface area contributed by atoms with Gasteiger partial charge in [0.15, 0.2) is 0 Å². The summed E-state index contributed by atoms with van der Waals surface area (Å²) in [6.45, 7) is 5.09. The molecule has 0 unspecified atom stereocenters. The number of carbonyl (C=O) groups is 1. The maximum atomic E-state index is 12.5. The number of carbonyl (C=O) groups excluding carboxylic acids is 1. The number of amides is 1. The summed E-state index contributed by atoms with van der Waals surface area (Å²) in [7, 11) is 0. The van der Waals surface area contributed by atoms with Gasteiger partial charge in [-0.25, -0.2) is 0 Å². The molecule has 7 heteroatoms. The van der Waals surface area contributed by atoms with Crippen LogP contribution in [0.5, 0.6) is 5.75 Å².